The van der Waals surface area contributed by atoms with Crippen molar-refractivity contribution in [1.82, 2.24) is 9.97 Å². The van der Waals surface area contributed by atoms with Crippen LogP contribution in [0, 0.1) is 12.0 Å². The zero-order valence-corrected chi connectivity index (χ0v) is 23.6. The van der Waals surface area contributed by atoms with E-state index in [0.29, 0.717) is 11.8 Å². The number of carbonyl (C=O) groups excluding carboxylic acids is 1. The summed E-state index contributed by atoms with van der Waals surface area (Å²) in [5.41, 5.74) is 5.77. The van der Waals surface area contributed by atoms with Gasteiger partial charge in [0.15, 0.2) is 5.78 Å². The van der Waals surface area contributed by atoms with E-state index in [1.165, 1.54) is 41.8 Å². The van der Waals surface area contributed by atoms with Crippen LogP contribution in [0.2, 0.25) is 0 Å². The third-order valence-electron chi connectivity index (χ3n) is 5.45. The molecule has 1 heterocycles. The fraction of sp³-hybridized carbons (Fsp3) is 0.300. The van der Waals surface area contributed by atoms with Crippen LogP contribution in [0.1, 0.15) is 58.6 Å². The molecule has 3 aromatic carbocycles. The summed E-state index contributed by atoms with van der Waals surface area (Å²) in [5.74, 6) is 1.02. The molecule has 0 spiro atoms. The molecule has 185 valence electrons. The summed E-state index contributed by atoms with van der Waals surface area (Å²) < 4.78 is 0. The first-order valence-electron chi connectivity index (χ1n) is 11.7. The molecule has 1 aromatic heterocycles. The van der Waals surface area contributed by atoms with E-state index in [9.17, 15) is 4.79 Å². The van der Waals surface area contributed by atoms with Crippen LogP contribution in [0.3, 0.4) is 0 Å². The molecule has 4 aromatic rings. The first-order chi connectivity index (χ1) is 16.2. The minimum absolute atomic E-state index is 0. The zero-order chi connectivity index (χ0) is 24.8. The van der Waals surface area contributed by atoms with Gasteiger partial charge in [0.1, 0.15) is 6.33 Å². The molecule has 0 unspecified atom stereocenters. The third-order valence-corrected chi connectivity index (χ3v) is 5.45. The second-order valence-electron chi connectivity index (χ2n) is 9.39. The molecule has 0 atom stereocenters. The average Bonchev–Trinajstić information content (AvgIpc) is 2.77. The van der Waals surface area contributed by atoms with Gasteiger partial charge < -0.3 is 5.11 Å². The number of hydrogen-bond donors (Lipinski definition) is 1. The third kappa shape index (κ3) is 7.30. The van der Waals surface area contributed by atoms with Crippen molar-refractivity contribution in [1.29, 1.82) is 0 Å². The summed E-state index contributed by atoms with van der Waals surface area (Å²) >= 11 is 0. The molecule has 5 heteroatoms. The van der Waals surface area contributed by atoms with Gasteiger partial charge in [-0.3, -0.25) is 9.78 Å². The second-order valence-corrected chi connectivity index (χ2v) is 9.39. The Kier molecular flexibility index (Phi) is 10.3. The summed E-state index contributed by atoms with van der Waals surface area (Å²) in [6, 6.07) is 20.4. The van der Waals surface area contributed by atoms with E-state index in [-0.39, 0.29) is 31.6 Å². The van der Waals surface area contributed by atoms with Crippen molar-refractivity contribution in [3.63, 3.8) is 0 Å². The molecule has 0 saturated carbocycles. The molecule has 0 saturated heterocycles. The van der Waals surface area contributed by atoms with Crippen LogP contribution in [-0.2, 0) is 31.3 Å². The smallest absolute Gasteiger partial charge is 0.155 e. The Bertz CT molecular complexity index is 1320. The molecule has 1 N–H and O–H groups in total. The first-order valence-corrected chi connectivity index (χ1v) is 11.7. The Balaban J connectivity index is 0.000000476. The second kappa shape index (κ2) is 12.7. The minimum atomic E-state index is -0.125. The molecule has 0 fully saturated rings. The number of fused-ring (bicyclic) bond motifs is 3. The van der Waals surface area contributed by atoms with Crippen molar-refractivity contribution < 1.29 is 30.0 Å². The fourth-order valence-electron chi connectivity index (χ4n) is 4.18. The summed E-state index contributed by atoms with van der Waals surface area (Å²) in [6.45, 7) is 11.9. The number of benzene rings is 3. The van der Waals surface area contributed by atoms with E-state index in [2.05, 4.69) is 69.1 Å². The topological polar surface area (TPSA) is 63.1 Å². The molecule has 0 bridgehead atoms. The Hall–Kier alpha value is -2.88. The van der Waals surface area contributed by atoms with E-state index in [1.54, 1.807) is 6.33 Å². The number of aliphatic hydroxyl groups excluding tert-OH is 1. The van der Waals surface area contributed by atoms with Gasteiger partial charge in [-0.1, -0.05) is 52.0 Å². The SMILES string of the molecule is CC(=O)/C=C(/C)O.CC(C)Cc1cc(C(C)C)c2c(ccc3c(-c4[c-]cccc4)ncnc32)c1.[Ir]. The van der Waals surface area contributed by atoms with Crippen LogP contribution >= 0.6 is 0 Å². The maximum atomic E-state index is 10.0. The number of allylic oxidation sites excluding steroid dienone is 2. The van der Waals surface area contributed by atoms with Gasteiger partial charge in [-0.05, 0) is 59.7 Å². The Labute approximate surface area is 221 Å². The summed E-state index contributed by atoms with van der Waals surface area (Å²) in [7, 11) is 0. The van der Waals surface area contributed by atoms with E-state index < -0.39 is 0 Å². The number of hydrogen-bond acceptors (Lipinski definition) is 4. The Morgan fingerprint density at radius 2 is 1.80 bits per heavy atom. The monoisotopic (exact) mass is 646 g/mol. The quantitative estimate of drug-likeness (QED) is 0.105. The molecule has 0 amide bonds. The predicted molar refractivity (Wildman–Crippen MR) is 141 cm³/mol. The van der Waals surface area contributed by atoms with Crippen LogP contribution < -0.4 is 0 Å². The zero-order valence-electron chi connectivity index (χ0n) is 21.2. The van der Waals surface area contributed by atoms with Gasteiger partial charge >= 0.3 is 0 Å². The van der Waals surface area contributed by atoms with E-state index in [0.717, 1.165) is 28.6 Å². The predicted octanol–water partition coefficient (Wildman–Crippen LogP) is 7.61. The van der Waals surface area contributed by atoms with Crippen LogP contribution in [0.15, 0.2) is 66.7 Å². The normalized spacial score (nSPS) is 11.4. The van der Waals surface area contributed by atoms with Crippen molar-refractivity contribution in [2.45, 2.75) is 53.9 Å². The van der Waals surface area contributed by atoms with E-state index >= 15 is 0 Å². The summed E-state index contributed by atoms with van der Waals surface area (Å²) in [5, 5.41) is 12.0. The number of nitrogens with zero attached hydrogens (tertiary/aromatic N) is 2. The van der Waals surface area contributed by atoms with Gasteiger partial charge in [0.2, 0.25) is 0 Å². The van der Waals surface area contributed by atoms with Crippen molar-refractivity contribution in [2.24, 2.45) is 5.92 Å². The number of ketones is 1. The molecule has 4 nitrogen and oxygen atoms in total. The minimum Gasteiger partial charge on any atom is -0.512 e. The Morgan fingerprint density at radius 1 is 1.06 bits per heavy atom. The van der Waals surface area contributed by atoms with Crippen molar-refractivity contribution >= 4 is 27.5 Å². The molecule has 1 radical (unpaired) electrons. The van der Waals surface area contributed by atoms with E-state index in [4.69, 9.17) is 10.1 Å². The van der Waals surface area contributed by atoms with Gasteiger partial charge in [0, 0.05) is 31.6 Å². The fourth-order valence-corrected chi connectivity index (χ4v) is 4.18. The van der Waals surface area contributed by atoms with Gasteiger partial charge in [-0.15, -0.1) is 35.9 Å². The van der Waals surface area contributed by atoms with Crippen LogP contribution in [0.5, 0.6) is 0 Å². The van der Waals surface area contributed by atoms with Gasteiger partial charge in [-0.25, -0.2) is 4.98 Å². The summed E-state index contributed by atoms with van der Waals surface area (Å²) in [4.78, 5) is 19.3. The molecule has 0 aliphatic carbocycles. The molecular formula is C30H33IrN2O2-. The van der Waals surface area contributed by atoms with Crippen molar-refractivity contribution in [3.8, 4) is 11.3 Å². The first kappa shape index (κ1) is 28.4. The standard InChI is InChI=1S/C25H25N2.C5H8O2.Ir/c1-16(2)12-18-13-20-10-11-21-24(19-8-6-5-7-9-19)26-15-27-25(21)23(20)22(14-18)17(3)4;1-4(6)3-5(2)7;/h5-8,10-11,13-17H,12H2,1-4H3;3,6H,1-2H3;/q-1;;/b;4-3-;. The van der Waals surface area contributed by atoms with E-state index in [1.807, 2.05) is 18.2 Å². The summed E-state index contributed by atoms with van der Waals surface area (Å²) in [6.07, 6.45) is 3.95. The molecule has 35 heavy (non-hydrogen) atoms. The number of aromatic nitrogens is 2. The van der Waals surface area contributed by atoms with Crippen LogP contribution in [0.25, 0.3) is 32.9 Å². The number of carbonyl (C=O) groups is 1. The number of rotatable bonds is 5. The van der Waals surface area contributed by atoms with Crippen molar-refractivity contribution in [2.75, 3.05) is 0 Å². The van der Waals surface area contributed by atoms with Crippen LogP contribution in [0.4, 0.5) is 0 Å². The largest absolute Gasteiger partial charge is 0.512 e. The molecule has 4 rings (SSSR count). The average molecular weight is 646 g/mol. The van der Waals surface area contributed by atoms with Crippen LogP contribution in [-0.4, -0.2) is 20.9 Å². The maximum absolute atomic E-state index is 10.0. The molecule has 0 aliphatic heterocycles. The molecule has 0 aliphatic rings. The number of aliphatic hydroxyl groups is 1. The Morgan fingerprint density at radius 3 is 2.34 bits per heavy atom. The van der Waals surface area contributed by atoms with Gasteiger partial charge in [-0.2, -0.15) is 0 Å². The molecular weight excluding hydrogens is 613 g/mol. The van der Waals surface area contributed by atoms with Crippen molar-refractivity contribution in [3.05, 3.63) is 83.9 Å². The van der Waals surface area contributed by atoms with Gasteiger partial charge in [0.05, 0.1) is 11.3 Å². The maximum Gasteiger partial charge on any atom is 0.155 e. The van der Waals surface area contributed by atoms with Gasteiger partial charge in [0.25, 0.3) is 0 Å².